The highest BCUT2D eigenvalue weighted by Gasteiger charge is 2.36. The second-order valence-electron chi connectivity index (χ2n) is 6.61. The van der Waals surface area contributed by atoms with E-state index in [1.807, 2.05) is 0 Å². The van der Waals surface area contributed by atoms with Crippen molar-refractivity contribution in [3.8, 4) is 0 Å². The summed E-state index contributed by atoms with van der Waals surface area (Å²) < 4.78 is 5.81. The van der Waals surface area contributed by atoms with Crippen LogP contribution in [-0.4, -0.2) is 31.0 Å². The lowest BCUT2D eigenvalue weighted by Gasteiger charge is -2.30. The van der Waals surface area contributed by atoms with Gasteiger partial charge in [0.2, 0.25) is 0 Å². The Bertz CT molecular complexity index is 560. The molecule has 1 saturated heterocycles. The average Bonchev–Trinajstić information content (AvgIpc) is 3.38. The number of rotatable bonds is 5. The molecule has 2 amide bonds. The molecule has 1 aromatic rings. The SMILES string of the molecule is CSc1cc(C)ccc1CNC(=O)NC1CCOC(C2CC2)C1. The Hall–Kier alpha value is -1.20. The zero-order valence-electron chi connectivity index (χ0n) is 13.9. The first-order valence-electron chi connectivity index (χ1n) is 8.45. The zero-order valence-corrected chi connectivity index (χ0v) is 14.7. The minimum Gasteiger partial charge on any atom is -0.378 e. The highest BCUT2D eigenvalue weighted by Crippen LogP contribution is 2.38. The van der Waals surface area contributed by atoms with E-state index in [1.54, 1.807) is 11.8 Å². The summed E-state index contributed by atoms with van der Waals surface area (Å²) in [6.07, 6.45) is 6.87. The van der Waals surface area contributed by atoms with E-state index < -0.39 is 0 Å². The fraction of sp³-hybridized carbons (Fsp3) is 0.611. The maximum atomic E-state index is 12.2. The monoisotopic (exact) mass is 334 g/mol. The van der Waals surface area contributed by atoms with Crippen LogP contribution in [-0.2, 0) is 11.3 Å². The summed E-state index contributed by atoms with van der Waals surface area (Å²) in [4.78, 5) is 13.4. The number of thioether (sulfide) groups is 1. The molecule has 0 spiro atoms. The molecule has 5 heteroatoms. The molecule has 1 heterocycles. The van der Waals surface area contributed by atoms with Gasteiger partial charge in [0.1, 0.15) is 0 Å². The topological polar surface area (TPSA) is 50.4 Å². The Balaban J connectivity index is 1.47. The molecule has 2 N–H and O–H groups in total. The zero-order chi connectivity index (χ0) is 16.2. The van der Waals surface area contributed by atoms with Gasteiger partial charge < -0.3 is 15.4 Å². The van der Waals surface area contributed by atoms with E-state index in [4.69, 9.17) is 4.74 Å². The van der Waals surface area contributed by atoms with Gasteiger partial charge in [-0.3, -0.25) is 0 Å². The van der Waals surface area contributed by atoms with Crippen LogP contribution in [0, 0.1) is 12.8 Å². The van der Waals surface area contributed by atoms with Crippen LogP contribution in [0.15, 0.2) is 23.1 Å². The van der Waals surface area contributed by atoms with E-state index in [0.717, 1.165) is 25.4 Å². The Kier molecular flexibility index (Phi) is 5.49. The van der Waals surface area contributed by atoms with Crippen LogP contribution >= 0.6 is 11.8 Å². The molecule has 126 valence electrons. The Morgan fingerprint density at radius 3 is 2.91 bits per heavy atom. The molecule has 0 aromatic heterocycles. The molecule has 2 fully saturated rings. The van der Waals surface area contributed by atoms with E-state index >= 15 is 0 Å². The third-order valence-electron chi connectivity index (χ3n) is 4.68. The predicted octanol–water partition coefficient (Wildman–Crippen LogP) is 3.47. The van der Waals surface area contributed by atoms with Crippen molar-refractivity contribution in [1.29, 1.82) is 0 Å². The molecule has 4 nitrogen and oxygen atoms in total. The number of carbonyl (C=O) groups is 1. The molecule has 1 aliphatic carbocycles. The molecule has 1 aliphatic heterocycles. The van der Waals surface area contributed by atoms with Crippen LogP contribution in [0.2, 0.25) is 0 Å². The first kappa shape index (κ1) is 16.7. The molecule has 23 heavy (non-hydrogen) atoms. The van der Waals surface area contributed by atoms with Crippen molar-refractivity contribution in [3.05, 3.63) is 29.3 Å². The van der Waals surface area contributed by atoms with E-state index in [9.17, 15) is 4.79 Å². The molecular weight excluding hydrogens is 308 g/mol. The third kappa shape index (κ3) is 4.64. The Labute approximate surface area is 142 Å². The van der Waals surface area contributed by atoms with Gasteiger partial charge in [-0.15, -0.1) is 11.8 Å². The average molecular weight is 334 g/mol. The molecule has 2 aliphatic rings. The van der Waals surface area contributed by atoms with Crippen LogP contribution in [0.4, 0.5) is 4.79 Å². The van der Waals surface area contributed by atoms with Crippen LogP contribution in [0.3, 0.4) is 0 Å². The van der Waals surface area contributed by atoms with Gasteiger partial charge in [-0.1, -0.05) is 12.1 Å². The van der Waals surface area contributed by atoms with Crippen molar-refractivity contribution in [2.24, 2.45) is 5.92 Å². The summed E-state index contributed by atoms with van der Waals surface area (Å²) in [5.41, 5.74) is 2.41. The molecule has 1 aromatic carbocycles. The first-order chi connectivity index (χ1) is 11.2. The molecule has 2 unspecified atom stereocenters. The maximum absolute atomic E-state index is 12.2. The number of amides is 2. The number of urea groups is 1. The molecular formula is C18H26N2O2S. The normalized spacial score (nSPS) is 24.3. The summed E-state index contributed by atoms with van der Waals surface area (Å²) in [5, 5.41) is 6.11. The fourth-order valence-electron chi connectivity index (χ4n) is 3.17. The fourth-order valence-corrected chi connectivity index (χ4v) is 3.87. The number of aryl methyl sites for hydroxylation is 1. The van der Waals surface area contributed by atoms with E-state index in [1.165, 1.54) is 28.9 Å². The van der Waals surface area contributed by atoms with Crippen LogP contribution < -0.4 is 10.6 Å². The van der Waals surface area contributed by atoms with Crippen molar-refractivity contribution < 1.29 is 9.53 Å². The van der Waals surface area contributed by atoms with Crippen LogP contribution in [0.1, 0.15) is 36.8 Å². The van der Waals surface area contributed by atoms with Gasteiger partial charge in [0.25, 0.3) is 0 Å². The van der Waals surface area contributed by atoms with Gasteiger partial charge in [-0.05, 0) is 62.0 Å². The number of hydrogen-bond acceptors (Lipinski definition) is 3. The van der Waals surface area contributed by atoms with E-state index in [0.29, 0.717) is 12.6 Å². The third-order valence-corrected chi connectivity index (χ3v) is 5.50. The maximum Gasteiger partial charge on any atom is 0.315 e. The van der Waals surface area contributed by atoms with Crippen molar-refractivity contribution in [1.82, 2.24) is 10.6 Å². The van der Waals surface area contributed by atoms with E-state index in [2.05, 4.69) is 42.0 Å². The van der Waals surface area contributed by atoms with Crippen molar-refractivity contribution in [3.63, 3.8) is 0 Å². The van der Waals surface area contributed by atoms with Crippen LogP contribution in [0.25, 0.3) is 0 Å². The largest absolute Gasteiger partial charge is 0.378 e. The lowest BCUT2D eigenvalue weighted by molar-refractivity contribution is -0.00914. The highest BCUT2D eigenvalue weighted by atomic mass is 32.2. The van der Waals surface area contributed by atoms with Crippen molar-refractivity contribution in [2.75, 3.05) is 12.9 Å². The summed E-state index contributed by atoms with van der Waals surface area (Å²) >= 11 is 1.72. The van der Waals surface area contributed by atoms with Gasteiger partial charge in [0.05, 0.1) is 6.10 Å². The number of carbonyl (C=O) groups excluding carboxylic acids is 1. The smallest absolute Gasteiger partial charge is 0.315 e. The molecule has 0 bridgehead atoms. The number of hydrogen-bond donors (Lipinski definition) is 2. The van der Waals surface area contributed by atoms with Gasteiger partial charge in [0.15, 0.2) is 0 Å². The van der Waals surface area contributed by atoms with Crippen molar-refractivity contribution >= 4 is 17.8 Å². The Morgan fingerprint density at radius 1 is 1.35 bits per heavy atom. The summed E-state index contributed by atoms with van der Waals surface area (Å²) in [5.74, 6) is 0.736. The van der Waals surface area contributed by atoms with Gasteiger partial charge >= 0.3 is 6.03 Å². The Morgan fingerprint density at radius 2 is 2.17 bits per heavy atom. The second-order valence-corrected chi connectivity index (χ2v) is 7.46. The minimum atomic E-state index is -0.0703. The van der Waals surface area contributed by atoms with Gasteiger partial charge in [-0.25, -0.2) is 4.79 Å². The molecule has 0 radical (unpaired) electrons. The summed E-state index contributed by atoms with van der Waals surface area (Å²) in [6, 6.07) is 6.52. The van der Waals surface area contributed by atoms with Crippen molar-refractivity contribution in [2.45, 2.75) is 56.2 Å². The molecule has 3 rings (SSSR count). The van der Waals surface area contributed by atoms with Gasteiger partial charge in [-0.2, -0.15) is 0 Å². The highest BCUT2D eigenvalue weighted by molar-refractivity contribution is 7.98. The number of nitrogens with one attached hydrogen (secondary N) is 2. The van der Waals surface area contributed by atoms with Crippen LogP contribution in [0.5, 0.6) is 0 Å². The standard InChI is InChI=1S/C18H26N2O2S/c1-12-3-4-14(17(9-12)23-2)11-19-18(21)20-15-7-8-22-16(10-15)13-5-6-13/h3-4,9,13,15-16H,5-8,10-11H2,1-2H3,(H2,19,20,21). The van der Waals surface area contributed by atoms with E-state index in [-0.39, 0.29) is 12.1 Å². The second kappa shape index (κ2) is 7.58. The first-order valence-corrected chi connectivity index (χ1v) is 9.67. The minimum absolute atomic E-state index is 0.0703. The number of benzene rings is 1. The quantitative estimate of drug-likeness (QED) is 0.811. The van der Waals surface area contributed by atoms with Gasteiger partial charge in [0, 0.05) is 24.1 Å². The summed E-state index contributed by atoms with van der Waals surface area (Å²) in [7, 11) is 0. The lowest BCUT2D eigenvalue weighted by Crippen LogP contribution is -2.46. The molecule has 2 atom stereocenters. The lowest BCUT2D eigenvalue weighted by atomic mass is 10.0. The molecule has 1 saturated carbocycles. The predicted molar refractivity (Wildman–Crippen MR) is 93.8 cm³/mol. The number of ether oxygens (including phenoxy) is 1. The summed E-state index contributed by atoms with van der Waals surface area (Å²) in [6.45, 7) is 3.42.